The van der Waals surface area contributed by atoms with Gasteiger partial charge in [0.25, 0.3) is 0 Å². The van der Waals surface area contributed by atoms with E-state index in [9.17, 15) is 9.59 Å². The number of ketones is 1. The van der Waals surface area contributed by atoms with Gasteiger partial charge in [-0.05, 0) is 20.3 Å². The van der Waals surface area contributed by atoms with E-state index in [0.717, 1.165) is 10.0 Å². The summed E-state index contributed by atoms with van der Waals surface area (Å²) in [6.07, 6.45) is 3.75. The van der Waals surface area contributed by atoms with Crippen molar-refractivity contribution in [3.8, 4) is 0 Å². The highest BCUT2D eigenvalue weighted by atomic mass is 32.1. The lowest BCUT2D eigenvalue weighted by Crippen LogP contribution is -2.22. The number of carbonyl (C=O) groups excluding carboxylic acids is 2. The third-order valence-electron chi connectivity index (χ3n) is 2.80. The van der Waals surface area contributed by atoms with E-state index in [1.54, 1.807) is 20.0 Å². The second-order valence-electron chi connectivity index (χ2n) is 4.34. The Kier molecular flexibility index (Phi) is 6.38. The minimum atomic E-state index is -0.591. The minimum Gasteiger partial charge on any atom is -0.462 e. The highest BCUT2D eigenvalue weighted by molar-refractivity contribution is 7.15. The number of aryl methyl sites for hydroxylation is 1. The van der Waals surface area contributed by atoms with Crippen LogP contribution in [0.4, 0.5) is 5.00 Å². The number of ether oxygens (including phenoxy) is 1. The quantitative estimate of drug-likeness (QED) is 0.362. The third-order valence-corrected chi connectivity index (χ3v) is 3.64. The molecule has 5 nitrogen and oxygen atoms in total. The van der Waals surface area contributed by atoms with Gasteiger partial charge < -0.3 is 10.1 Å². The van der Waals surface area contributed by atoms with Crippen LogP contribution in [-0.4, -0.2) is 23.3 Å². The van der Waals surface area contributed by atoms with Crippen LogP contribution in [0, 0.1) is 12.8 Å². The fourth-order valence-corrected chi connectivity index (χ4v) is 2.11. The molecule has 1 aromatic heterocycles. The Morgan fingerprint density at radius 2 is 2.20 bits per heavy atom. The molecule has 0 amide bonds. The molecule has 1 N–H and O–H groups in total. The van der Waals surface area contributed by atoms with E-state index in [1.807, 2.05) is 13.8 Å². The zero-order chi connectivity index (χ0) is 15.1. The first-order valence-corrected chi connectivity index (χ1v) is 7.41. The largest absolute Gasteiger partial charge is 0.462 e. The van der Waals surface area contributed by atoms with Crippen molar-refractivity contribution in [2.45, 2.75) is 34.1 Å². The van der Waals surface area contributed by atoms with Crippen molar-refractivity contribution < 1.29 is 14.3 Å². The topological polar surface area (TPSA) is 68.3 Å². The van der Waals surface area contributed by atoms with Gasteiger partial charge in [0.15, 0.2) is 5.78 Å². The van der Waals surface area contributed by atoms with Crippen molar-refractivity contribution in [3.05, 3.63) is 23.0 Å². The molecule has 1 unspecified atom stereocenters. The van der Waals surface area contributed by atoms with Crippen LogP contribution >= 0.6 is 11.3 Å². The SMILES string of the molecule is CCOC(=O)C(=CNc1cnc(C)s1)C(=O)C(C)CC. The lowest BCUT2D eigenvalue weighted by Gasteiger charge is -2.10. The number of carbonyl (C=O) groups is 2. The first-order valence-electron chi connectivity index (χ1n) is 6.60. The van der Waals surface area contributed by atoms with Gasteiger partial charge in [0.2, 0.25) is 0 Å². The van der Waals surface area contributed by atoms with Crippen molar-refractivity contribution >= 4 is 28.1 Å². The van der Waals surface area contributed by atoms with Gasteiger partial charge in [-0.1, -0.05) is 13.8 Å². The van der Waals surface area contributed by atoms with E-state index >= 15 is 0 Å². The predicted molar refractivity (Wildman–Crippen MR) is 79.7 cm³/mol. The smallest absolute Gasteiger partial charge is 0.343 e. The summed E-state index contributed by atoms with van der Waals surface area (Å²) in [7, 11) is 0. The van der Waals surface area contributed by atoms with Gasteiger partial charge in [0.1, 0.15) is 10.6 Å². The Morgan fingerprint density at radius 3 is 2.70 bits per heavy atom. The van der Waals surface area contributed by atoms with Crippen LogP contribution < -0.4 is 5.32 Å². The molecule has 0 bridgehead atoms. The molecule has 0 spiro atoms. The van der Waals surface area contributed by atoms with Crippen LogP contribution in [0.3, 0.4) is 0 Å². The first kappa shape index (κ1) is 16.4. The number of aromatic nitrogens is 1. The Bertz CT molecular complexity index is 508. The molecule has 0 aliphatic carbocycles. The maximum Gasteiger partial charge on any atom is 0.343 e. The van der Waals surface area contributed by atoms with Crippen LogP contribution in [0.15, 0.2) is 18.0 Å². The maximum absolute atomic E-state index is 12.2. The highest BCUT2D eigenvalue weighted by Crippen LogP contribution is 2.19. The summed E-state index contributed by atoms with van der Waals surface area (Å²) >= 11 is 1.45. The van der Waals surface area contributed by atoms with Gasteiger partial charge >= 0.3 is 5.97 Å². The fourth-order valence-electron chi connectivity index (χ4n) is 1.46. The molecule has 110 valence electrons. The number of nitrogens with one attached hydrogen (secondary N) is 1. The lowest BCUT2D eigenvalue weighted by atomic mass is 9.97. The summed E-state index contributed by atoms with van der Waals surface area (Å²) in [5.74, 6) is -1.01. The number of anilines is 1. The highest BCUT2D eigenvalue weighted by Gasteiger charge is 2.23. The molecule has 0 fully saturated rings. The standard InChI is InChI=1S/C14H20N2O3S/c1-5-9(3)13(17)11(14(18)19-6-2)7-16-12-8-15-10(4)20-12/h7-9,16H,5-6H2,1-4H3. The monoisotopic (exact) mass is 296 g/mol. The molecule has 1 heterocycles. The normalized spacial score (nSPS) is 12.9. The number of nitrogens with zero attached hydrogens (tertiary/aromatic N) is 1. The fraction of sp³-hybridized carbons (Fsp3) is 0.500. The van der Waals surface area contributed by atoms with Gasteiger partial charge in [-0.2, -0.15) is 0 Å². The molecule has 0 aromatic carbocycles. The molecule has 1 aromatic rings. The minimum absolute atomic E-state index is 0.0484. The lowest BCUT2D eigenvalue weighted by molar-refractivity contribution is -0.140. The van der Waals surface area contributed by atoms with E-state index in [0.29, 0.717) is 6.42 Å². The summed E-state index contributed by atoms with van der Waals surface area (Å²) in [6, 6.07) is 0. The maximum atomic E-state index is 12.2. The van der Waals surface area contributed by atoms with Crippen LogP contribution in [0.1, 0.15) is 32.2 Å². The average Bonchev–Trinajstić information content (AvgIpc) is 2.83. The van der Waals surface area contributed by atoms with Gasteiger partial charge in [0, 0.05) is 12.1 Å². The van der Waals surface area contributed by atoms with Crippen molar-refractivity contribution in [3.63, 3.8) is 0 Å². The predicted octanol–water partition coefficient (Wildman–Crippen LogP) is 2.93. The number of hydrogen-bond donors (Lipinski definition) is 1. The molecule has 0 aliphatic rings. The molecule has 0 radical (unpaired) electrons. The zero-order valence-corrected chi connectivity index (χ0v) is 13.0. The molecule has 1 rings (SSSR count). The van der Waals surface area contributed by atoms with Crippen LogP contribution in [-0.2, 0) is 14.3 Å². The second kappa shape index (κ2) is 7.79. The van der Waals surface area contributed by atoms with E-state index in [-0.39, 0.29) is 23.9 Å². The summed E-state index contributed by atoms with van der Waals surface area (Å²) in [5, 5.41) is 4.63. The number of thiazole rings is 1. The number of Topliss-reactive ketones (excluding diaryl/α,β-unsaturated/α-hetero) is 1. The first-order chi connectivity index (χ1) is 9.49. The number of esters is 1. The molecule has 6 heteroatoms. The zero-order valence-electron chi connectivity index (χ0n) is 12.2. The Labute approximate surface area is 123 Å². The average molecular weight is 296 g/mol. The second-order valence-corrected chi connectivity index (χ2v) is 5.57. The Balaban J connectivity index is 2.91. The van der Waals surface area contributed by atoms with Crippen molar-refractivity contribution in [1.29, 1.82) is 0 Å². The third kappa shape index (κ3) is 4.45. The van der Waals surface area contributed by atoms with Crippen LogP contribution in [0.2, 0.25) is 0 Å². The van der Waals surface area contributed by atoms with E-state index in [2.05, 4.69) is 10.3 Å². The van der Waals surface area contributed by atoms with E-state index in [1.165, 1.54) is 17.5 Å². The molecule has 1 atom stereocenters. The number of rotatable bonds is 7. The summed E-state index contributed by atoms with van der Waals surface area (Å²) in [4.78, 5) is 28.2. The molecule has 0 aliphatic heterocycles. The van der Waals surface area contributed by atoms with Crippen molar-refractivity contribution in [2.24, 2.45) is 5.92 Å². The van der Waals surface area contributed by atoms with Crippen LogP contribution in [0.25, 0.3) is 0 Å². The van der Waals surface area contributed by atoms with Gasteiger partial charge in [-0.25, -0.2) is 9.78 Å². The summed E-state index contributed by atoms with van der Waals surface area (Å²) < 4.78 is 4.93. The van der Waals surface area contributed by atoms with E-state index in [4.69, 9.17) is 4.74 Å². The van der Waals surface area contributed by atoms with Crippen LogP contribution in [0.5, 0.6) is 0 Å². The Hall–Kier alpha value is -1.69. The van der Waals surface area contributed by atoms with Crippen molar-refractivity contribution in [1.82, 2.24) is 4.98 Å². The van der Waals surface area contributed by atoms with Crippen molar-refractivity contribution in [2.75, 3.05) is 11.9 Å². The summed E-state index contributed by atoms with van der Waals surface area (Å²) in [5.41, 5.74) is 0.0484. The molecule has 0 saturated heterocycles. The Morgan fingerprint density at radius 1 is 1.50 bits per heavy atom. The molecule has 0 saturated carbocycles. The summed E-state index contributed by atoms with van der Waals surface area (Å²) in [6.45, 7) is 7.54. The molecular formula is C14H20N2O3S. The van der Waals surface area contributed by atoms with Gasteiger partial charge in [0.05, 0.1) is 17.8 Å². The van der Waals surface area contributed by atoms with E-state index < -0.39 is 5.97 Å². The van der Waals surface area contributed by atoms with Gasteiger partial charge in [-0.3, -0.25) is 4.79 Å². The molecular weight excluding hydrogens is 276 g/mol. The number of hydrogen-bond acceptors (Lipinski definition) is 6. The molecule has 20 heavy (non-hydrogen) atoms. The van der Waals surface area contributed by atoms with Gasteiger partial charge in [-0.15, -0.1) is 11.3 Å².